The van der Waals surface area contributed by atoms with Crippen LogP contribution >= 0.6 is 11.6 Å². The van der Waals surface area contributed by atoms with Crippen LogP contribution in [0.5, 0.6) is 0 Å². The summed E-state index contributed by atoms with van der Waals surface area (Å²) < 4.78 is 5.56. The number of nitrogens with one attached hydrogen (secondary N) is 2. The normalized spacial score (nSPS) is 16.1. The van der Waals surface area contributed by atoms with E-state index in [9.17, 15) is 9.59 Å². The van der Waals surface area contributed by atoms with Gasteiger partial charge in [-0.2, -0.15) is 0 Å². The number of H-pyrrole nitrogens is 1. The van der Waals surface area contributed by atoms with Crippen molar-refractivity contribution in [1.82, 2.24) is 9.97 Å². The average molecular weight is 509 g/mol. The van der Waals surface area contributed by atoms with E-state index in [1.165, 1.54) is 4.90 Å². The van der Waals surface area contributed by atoms with Gasteiger partial charge in [-0.25, -0.2) is 4.98 Å². The Morgan fingerprint density at radius 2 is 2.00 bits per heavy atom. The van der Waals surface area contributed by atoms with Crippen LogP contribution in [0.1, 0.15) is 30.8 Å². The van der Waals surface area contributed by atoms with Gasteiger partial charge in [-0.3, -0.25) is 19.9 Å². The molecule has 0 saturated carbocycles. The van der Waals surface area contributed by atoms with Gasteiger partial charge in [-0.1, -0.05) is 37.6 Å². The molecule has 4 N–H and O–H groups in total. The molecule has 3 heterocycles. The van der Waals surface area contributed by atoms with Gasteiger partial charge < -0.3 is 20.4 Å². The SMILES string of the molecule is CC(C)C(N)C(=O)OC1CCN(c2ccc(N(C=N)C(=O)c3cc(-c4ccc(Cl)cc4)c[nH]3)cn2)C1. The number of amides is 1. The number of rotatable bonds is 8. The largest absolute Gasteiger partial charge is 0.459 e. The molecule has 2 unspecified atom stereocenters. The number of ether oxygens (including phenoxy) is 1. The van der Waals surface area contributed by atoms with Gasteiger partial charge in [-0.15, -0.1) is 0 Å². The number of esters is 1. The fourth-order valence-corrected chi connectivity index (χ4v) is 4.09. The predicted octanol–water partition coefficient (Wildman–Crippen LogP) is 4.09. The monoisotopic (exact) mass is 508 g/mol. The zero-order chi connectivity index (χ0) is 25.8. The highest BCUT2D eigenvalue weighted by molar-refractivity contribution is 6.30. The van der Waals surface area contributed by atoms with Crippen LogP contribution in [0.3, 0.4) is 0 Å². The number of benzene rings is 1. The molecule has 1 aliphatic heterocycles. The van der Waals surface area contributed by atoms with Crippen molar-refractivity contribution >= 4 is 41.3 Å². The van der Waals surface area contributed by atoms with E-state index in [4.69, 9.17) is 27.5 Å². The van der Waals surface area contributed by atoms with Gasteiger partial charge in [0.2, 0.25) is 0 Å². The van der Waals surface area contributed by atoms with Gasteiger partial charge in [0.1, 0.15) is 23.7 Å². The van der Waals surface area contributed by atoms with E-state index in [2.05, 4.69) is 9.97 Å². The fourth-order valence-electron chi connectivity index (χ4n) is 3.96. The first kappa shape index (κ1) is 25.4. The van der Waals surface area contributed by atoms with Crippen molar-refractivity contribution in [2.24, 2.45) is 11.7 Å². The third-order valence-electron chi connectivity index (χ3n) is 6.19. The van der Waals surface area contributed by atoms with Crippen molar-refractivity contribution < 1.29 is 14.3 Å². The third kappa shape index (κ3) is 5.58. The van der Waals surface area contributed by atoms with E-state index in [1.54, 1.807) is 42.7 Å². The molecule has 1 aliphatic rings. The molecule has 0 aliphatic carbocycles. The van der Waals surface area contributed by atoms with Crippen LogP contribution < -0.4 is 15.5 Å². The molecule has 1 fully saturated rings. The molecule has 0 radical (unpaired) electrons. The Labute approximate surface area is 214 Å². The van der Waals surface area contributed by atoms with Crippen LogP contribution in [0.4, 0.5) is 11.5 Å². The summed E-state index contributed by atoms with van der Waals surface area (Å²) in [6.07, 6.45) is 4.70. The molecule has 36 heavy (non-hydrogen) atoms. The summed E-state index contributed by atoms with van der Waals surface area (Å²) in [7, 11) is 0. The van der Waals surface area contributed by atoms with Crippen molar-refractivity contribution in [1.29, 1.82) is 5.41 Å². The molecule has 2 aromatic heterocycles. The minimum Gasteiger partial charge on any atom is -0.459 e. The van der Waals surface area contributed by atoms with E-state index in [1.807, 2.05) is 30.9 Å². The number of nitrogens with zero attached hydrogens (tertiary/aromatic N) is 3. The third-order valence-corrected chi connectivity index (χ3v) is 6.44. The lowest BCUT2D eigenvalue weighted by atomic mass is 10.1. The van der Waals surface area contributed by atoms with Crippen LogP contribution in [0.2, 0.25) is 5.02 Å². The van der Waals surface area contributed by atoms with Crippen LogP contribution in [-0.4, -0.2) is 53.4 Å². The first-order chi connectivity index (χ1) is 17.3. The number of hydrogen-bond donors (Lipinski definition) is 3. The molecule has 3 aromatic rings. The average Bonchev–Trinajstić information content (AvgIpc) is 3.55. The zero-order valence-electron chi connectivity index (χ0n) is 20.1. The lowest BCUT2D eigenvalue weighted by Gasteiger charge is -2.21. The summed E-state index contributed by atoms with van der Waals surface area (Å²) in [5.74, 6) is -0.0512. The maximum absolute atomic E-state index is 13.1. The molecule has 0 bridgehead atoms. The Hall–Kier alpha value is -3.69. The summed E-state index contributed by atoms with van der Waals surface area (Å²) in [6, 6.07) is 12.0. The Bertz CT molecular complexity index is 1230. The van der Waals surface area contributed by atoms with Gasteiger partial charge >= 0.3 is 5.97 Å². The minimum atomic E-state index is -0.636. The molecule has 188 valence electrons. The molecule has 10 heteroatoms. The highest BCUT2D eigenvalue weighted by Crippen LogP contribution is 2.25. The number of nitrogens with two attached hydrogens (primary N) is 1. The highest BCUT2D eigenvalue weighted by atomic mass is 35.5. The maximum Gasteiger partial charge on any atom is 0.323 e. The van der Waals surface area contributed by atoms with Gasteiger partial charge in [0.15, 0.2) is 0 Å². The molecule has 9 nitrogen and oxygen atoms in total. The smallest absolute Gasteiger partial charge is 0.323 e. The molecule has 0 spiro atoms. The highest BCUT2D eigenvalue weighted by Gasteiger charge is 2.29. The van der Waals surface area contributed by atoms with E-state index in [0.29, 0.717) is 41.7 Å². The number of carbonyl (C=O) groups is 2. The fraction of sp³-hybridized carbons (Fsp3) is 0.308. The van der Waals surface area contributed by atoms with Crippen molar-refractivity contribution in [2.75, 3.05) is 22.9 Å². The number of aromatic amines is 1. The summed E-state index contributed by atoms with van der Waals surface area (Å²) in [5, 5.41) is 8.44. The van der Waals surface area contributed by atoms with Crippen molar-refractivity contribution in [3.8, 4) is 11.1 Å². The quantitative estimate of drug-likeness (QED) is 0.239. The molecule has 2 atom stereocenters. The van der Waals surface area contributed by atoms with E-state index >= 15 is 0 Å². The molecule has 1 amide bonds. The van der Waals surface area contributed by atoms with Crippen molar-refractivity contribution in [3.63, 3.8) is 0 Å². The number of anilines is 2. The summed E-state index contributed by atoms with van der Waals surface area (Å²) >= 11 is 5.96. The Balaban J connectivity index is 1.41. The van der Waals surface area contributed by atoms with Gasteiger partial charge in [0.25, 0.3) is 5.91 Å². The Morgan fingerprint density at radius 3 is 2.64 bits per heavy atom. The number of hydrogen-bond acceptors (Lipinski definition) is 7. The van der Waals surface area contributed by atoms with Crippen LogP contribution in [-0.2, 0) is 9.53 Å². The van der Waals surface area contributed by atoms with Gasteiger partial charge in [0.05, 0.1) is 24.8 Å². The van der Waals surface area contributed by atoms with E-state index in [-0.39, 0.29) is 23.9 Å². The number of halogens is 1. The second-order valence-corrected chi connectivity index (χ2v) is 9.49. The predicted molar refractivity (Wildman–Crippen MR) is 141 cm³/mol. The number of carbonyl (C=O) groups excluding carboxylic acids is 2. The lowest BCUT2D eigenvalue weighted by Crippen LogP contribution is -2.39. The van der Waals surface area contributed by atoms with Gasteiger partial charge in [0, 0.05) is 24.2 Å². The second-order valence-electron chi connectivity index (χ2n) is 9.05. The lowest BCUT2D eigenvalue weighted by molar-refractivity contribution is -0.150. The van der Waals surface area contributed by atoms with Crippen molar-refractivity contribution in [3.05, 3.63) is 65.6 Å². The Kier molecular flexibility index (Phi) is 7.71. The first-order valence-electron chi connectivity index (χ1n) is 11.7. The second kappa shape index (κ2) is 10.9. The molecule has 1 aromatic carbocycles. The van der Waals surface area contributed by atoms with Gasteiger partial charge in [-0.05, 0) is 47.4 Å². The number of pyridine rings is 1. The summed E-state index contributed by atoms with van der Waals surface area (Å²) in [5.41, 5.74) is 8.45. The van der Waals surface area contributed by atoms with E-state index < -0.39 is 6.04 Å². The minimum absolute atomic E-state index is 0.0127. The standard InChI is InChI=1S/C26H29ClN6O3/c1-16(2)24(29)26(35)36-21-9-10-32(14-21)23-8-7-20(13-31-23)33(15-28)25(34)22-11-18(12-30-22)17-3-5-19(27)6-4-17/h3-8,11-13,15-16,21,24,28,30H,9-10,14,29H2,1-2H3. The van der Waals surface area contributed by atoms with Crippen LogP contribution in [0, 0.1) is 11.3 Å². The molecular formula is C26H29ClN6O3. The molecule has 1 saturated heterocycles. The summed E-state index contributed by atoms with van der Waals surface area (Å²) in [4.78, 5) is 36.0. The van der Waals surface area contributed by atoms with E-state index in [0.717, 1.165) is 17.5 Å². The van der Waals surface area contributed by atoms with Crippen LogP contribution in [0.25, 0.3) is 11.1 Å². The van der Waals surface area contributed by atoms with Crippen LogP contribution in [0.15, 0.2) is 54.9 Å². The topological polar surface area (TPSA) is 128 Å². The van der Waals surface area contributed by atoms with Crippen molar-refractivity contribution in [2.45, 2.75) is 32.4 Å². The Morgan fingerprint density at radius 1 is 1.25 bits per heavy atom. The summed E-state index contributed by atoms with van der Waals surface area (Å²) in [6.45, 7) is 4.97. The molecule has 4 rings (SSSR count). The maximum atomic E-state index is 13.1. The first-order valence-corrected chi connectivity index (χ1v) is 12.1. The molecular weight excluding hydrogens is 480 g/mol. The number of aromatic nitrogens is 2. The zero-order valence-corrected chi connectivity index (χ0v) is 20.9.